The Hall–Kier alpha value is -0.750. The summed E-state index contributed by atoms with van der Waals surface area (Å²) in [7, 11) is -10.7. The zero-order valence-electron chi connectivity index (χ0n) is 17.4. The van der Waals surface area contributed by atoms with E-state index in [0.717, 1.165) is 0 Å². The summed E-state index contributed by atoms with van der Waals surface area (Å²) in [6, 6.07) is 0. The third-order valence-electron chi connectivity index (χ3n) is 2.03. The van der Waals surface area contributed by atoms with E-state index in [1.165, 1.54) is 0 Å². The topological polar surface area (TPSA) is 107 Å². The SMILES string of the molecule is CC(C)OP(=O)(C#CO[PH](=O)OC#CP(=O)(OC(C)C)OC(C)C)OC(C)C. The predicted octanol–water partition coefficient (Wildman–Crippen LogP) is 5.33. The molecule has 28 heavy (non-hydrogen) atoms. The van der Waals surface area contributed by atoms with E-state index in [2.05, 4.69) is 20.4 Å². The van der Waals surface area contributed by atoms with Crippen molar-refractivity contribution < 1.29 is 40.8 Å². The average molecular weight is 458 g/mol. The molecule has 0 amide bonds. The molecule has 0 heterocycles. The Bertz CT molecular complexity index is 635. The Morgan fingerprint density at radius 2 is 0.857 bits per heavy atom. The van der Waals surface area contributed by atoms with Crippen LogP contribution < -0.4 is 0 Å². The van der Waals surface area contributed by atoms with Crippen molar-refractivity contribution in [1.82, 2.24) is 0 Å². The van der Waals surface area contributed by atoms with Crippen molar-refractivity contribution in [3.05, 3.63) is 0 Å². The maximum atomic E-state index is 12.4. The Kier molecular flexibility index (Phi) is 12.4. The van der Waals surface area contributed by atoms with Crippen molar-refractivity contribution in [2.75, 3.05) is 0 Å². The minimum atomic E-state index is -3.76. The largest absolute Gasteiger partial charge is 0.435 e. The third kappa shape index (κ3) is 13.4. The molecule has 0 rings (SSSR count). The second-order valence-electron chi connectivity index (χ2n) is 6.49. The second kappa shape index (κ2) is 12.7. The maximum Gasteiger partial charge on any atom is 0.435 e. The zero-order chi connectivity index (χ0) is 22.0. The molecule has 0 aromatic carbocycles. The average Bonchev–Trinajstić information content (AvgIpc) is 2.42. The van der Waals surface area contributed by atoms with Gasteiger partial charge in [-0.1, -0.05) is 0 Å². The molecule has 0 spiro atoms. The fourth-order valence-corrected chi connectivity index (χ4v) is 4.85. The molecule has 0 unspecified atom stereocenters. The van der Waals surface area contributed by atoms with Gasteiger partial charge in [-0.05, 0) is 55.4 Å². The first-order valence-electron chi connectivity index (χ1n) is 8.62. The number of hydrogen-bond acceptors (Lipinski definition) is 9. The van der Waals surface area contributed by atoms with Gasteiger partial charge in [0.1, 0.15) is 12.2 Å². The highest BCUT2D eigenvalue weighted by Crippen LogP contribution is 2.50. The van der Waals surface area contributed by atoms with Crippen LogP contribution in [-0.4, -0.2) is 24.4 Å². The highest BCUT2D eigenvalue weighted by atomic mass is 31.2. The van der Waals surface area contributed by atoms with E-state index in [0.29, 0.717) is 0 Å². The molecule has 0 aromatic rings. The molecule has 0 N–H and O–H groups in total. The van der Waals surface area contributed by atoms with Gasteiger partial charge in [-0.3, -0.25) is 18.1 Å². The molecule has 0 bridgehead atoms. The van der Waals surface area contributed by atoms with Crippen LogP contribution in [0.25, 0.3) is 0 Å². The van der Waals surface area contributed by atoms with Gasteiger partial charge in [-0.15, -0.1) is 0 Å². The van der Waals surface area contributed by atoms with Crippen molar-refractivity contribution in [1.29, 1.82) is 0 Å². The van der Waals surface area contributed by atoms with Gasteiger partial charge in [0.15, 0.2) is 0 Å². The predicted molar refractivity (Wildman–Crippen MR) is 107 cm³/mol. The van der Waals surface area contributed by atoms with Crippen LogP contribution in [0, 0.1) is 23.5 Å². The van der Waals surface area contributed by atoms with Gasteiger partial charge in [0.2, 0.25) is 0 Å². The van der Waals surface area contributed by atoms with Crippen LogP contribution in [0.4, 0.5) is 0 Å². The molecule has 12 heteroatoms. The van der Waals surface area contributed by atoms with Crippen LogP contribution in [-0.2, 0) is 40.8 Å². The van der Waals surface area contributed by atoms with Crippen LogP contribution in [0.5, 0.6) is 0 Å². The molecule has 0 aliphatic carbocycles. The monoisotopic (exact) mass is 458 g/mol. The first kappa shape index (κ1) is 27.2. The van der Waals surface area contributed by atoms with Crippen LogP contribution >= 0.6 is 23.4 Å². The van der Waals surface area contributed by atoms with Crippen LogP contribution in [0.2, 0.25) is 0 Å². The fourth-order valence-electron chi connectivity index (χ4n) is 1.53. The normalized spacial score (nSPS) is 12.2. The fraction of sp³-hybridized carbons (Fsp3) is 0.750. The lowest BCUT2D eigenvalue weighted by molar-refractivity contribution is 0.149. The van der Waals surface area contributed by atoms with Gasteiger partial charge in [-0.2, -0.15) is 0 Å². The smallest absolute Gasteiger partial charge is 0.363 e. The molecule has 0 fully saturated rings. The van der Waals surface area contributed by atoms with E-state index < -0.39 is 47.9 Å². The van der Waals surface area contributed by atoms with Crippen molar-refractivity contribution in [2.24, 2.45) is 0 Å². The molecule has 0 radical (unpaired) electrons. The number of rotatable bonds is 10. The summed E-state index contributed by atoms with van der Waals surface area (Å²) in [4.78, 5) is 0. The lowest BCUT2D eigenvalue weighted by Gasteiger charge is -2.17. The first-order valence-corrected chi connectivity index (χ1v) is 12.9. The second-order valence-corrected chi connectivity index (χ2v) is 10.7. The Labute approximate surface area is 168 Å². The minimum Gasteiger partial charge on any atom is -0.363 e. The van der Waals surface area contributed by atoms with Gasteiger partial charge in [-0.25, -0.2) is 13.7 Å². The molecule has 9 nitrogen and oxygen atoms in total. The summed E-state index contributed by atoms with van der Waals surface area (Å²) < 4.78 is 66.6. The molecule has 0 atom stereocenters. The van der Waals surface area contributed by atoms with E-state index in [-0.39, 0.29) is 0 Å². The summed E-state index contributed by atoms with van der Waals surface area (Å²) in [5.41, 5.74) is 4.36. The number of hydrogen-bond donors (Lipinski definition) is 0. The lowest BCUT2D eigenvalue weighted by Crippen LogP contribution is -2.06. The minimum absolute atomic E-state index is 0.408. The molecular weight excluding hydrogens is 429 g/mol. The molecule has 0 saturated heterocycles. The highest BCUT2D eigenvalue weighted by Gasteiger charge is 2.26. The first-order chi connectivity index (χ1) is 12.8. The molecule has 162 valence electrons. The van der Waals surface area contributed by atoms with E-state index in [1.807, 2.05) is 12.2 Å². The van der Waals surface area contributed by atoms with Crippen molar-refractivity contribution in [3.63, 3.8) is 0 Å². The standard InChI is InChI=1S/C16H29O9P3/c1-13(2)22-27(18,23-14(3)4)11-9-20-26(17)21-10-12-28(19,24-15(5)6)25-16(7)8/h13-16,26H,1-8H3. The van der Waals surface area contributed by atoms with E-state index in [9.17, 15) is 13.7 Å². The quantitative estimate of drug-likeness (QED) is 0.317. The summed E-state index contributed by atoms with van der Waals surface area (Å²) in [5.74, 6) is 0. The van der Waals surface area contributed by atoms with Gasteiger partial charge in [0.05, 0.1) is 35.7 Å². The van der Waals surface area contributed by atoms with E-state index in [1.54, 1.807) is 55.4 Å². The Morgan fingerprint density at radius 1 is 0.607 bits per heavy atom. The van der Waals surface area contributed by atoms with Crippen LogP contribution in [0.3, 0.4) is 0 Å². The van der Waals surface area contributed by atoms with E-state index >= 15 is 0 Å². The summed E-state index contributed by atoms with van der Waals surface area (Å²) in [6.45, 7) is 13.3. The Balaban J connectivity index is 5.01. The van der Waals surface area contributed by atoms with Crippen LogP contribution in [0.1, 0.15) is 55.4 Å². The summed E-state index contributed by atoms with van der Waals surface area (Å²) in [6.07, 6.45) is 2.35. The molecule has 0 aliphatic heterocycles. The Morgan fingerprint density at radius 3 is 1.07 bits per heavy atom. The van der Waals surface area contributed by atoms with Gasteiger partial charge < -0.3 is 9.05 Å². The highest BCUT2D eigenvalue weighted by molar-refractivity contribution is 7.59. The zero-order valence-corrected chi connectivity index (χ0v) is 20.2. The van der Waals surface area contributed by atoms with Gasteiger partial charge >= 0.3 is 23.4 Å². The van der Waals surface area contributed by atoms with Gasteiger partial charge in [0.25, 0.3) is 0 Å². The molecule has 0 aliphatic rings. The van der Waals surface area contributed by atoms with E-state index in [4.69, 9.17) is 18.1 Å². The summed E-state index contributed by atoms with van der Waals surface area (Å²) >= 11 is 0. The molecular formula is C16H29O9P3. The summed E-state index contributed by atoms with van der Waals surface area (Å²) in [5, 5.41) is 0. The van der Waals surface area contributed by atoms with Crippen molar-refractivity contribution in [2.45, 2.75) is 79.8 Å². The van der Waals surface area contributed by atoms with Crippen LogP contribution in [0.15, 0.2) is 0 Å². The molecule has 0 aromatic heterocycles. The third-order valence-corrected chi connectivity index (χ3v) is 6.10. The van der Waals surface area contributed by atoms with Crippen molar-refractivity contribution >= 4 is 23.4 Å². The molecule has 0 saturated carbocycles. The van der Waals surface area contributed by atoms with Gasteiger partial charge in [0, 0.05) is 0 Å². The van der Waals surface area contributed by atoms with Crippen molar-refractivity contribution in [3.8, 4) is 23.5 Å². The lowest BCUT2D eigenvalue weighted by atomic mass is 10.5. The maximum absolute atomic E-state index is 12.4.